The molecule has 0 radical (unpaired) electrons. The first-order chi connectivity index (χ1) is 17.1. The fourth-order valence-corrected chi connectivity index (χ4v) is 4.28. The first-order valence-electron chi connectivity index (χ1n) is 12.1. The number of nitrogens with one attached hydrogen (secondary N) is 2. The van der Waals surface area contributed by atoms with E-state index in [1.54, 1.807) is 23.1 Å². The number of hydrogen-bond acceptors (Lipinski definition) is 5. The molecule has 0 atom stereocenters. The van der Waals surface area contributed by atoms with Gasteiger partial charge in [0.15, 0.2) is 0 Å². The maximum Gasteiger partial charge on any atom is 0.410 e. The number of amides is 2. The highest BCUT2D eigenvalue weighted by atomic mass is 19.1. The lowest BCUT2D eigenvalue weighted by Crippen LogP contribution is -2.50. The van der Waals surface area contributed by atoms with Gasteiger partial charge < -0.3 is 25.2 Å². The van der Waals surface area contributed by atoms with Crippen LogP contribution in [-0.2, 0) is 4.74 Å². The number of carbonyl (C=O) groups excluding carboxylic acids is 2. The number of halogens is 2. The van der Waals surface area contributed by atoms with Crippen LogP contribution in [0.15, 0.2) is 42.5 Å². The third-order valence-electron chi connectivity index (χ3n) is 6.13. The Labute approximate surface area is 210 Å². The summed E-state index contributed by atoms with van der Waals surface area (Å²) < 4.78 is 35.0. The number of nitrogens with zero attached hydrogens (tertiary/aromatic N) is 2. The number of hydrogen-bond donors (Lipinski definition) is 2. The average molecular weight is 499 g/mol. The quantitative estimate of drug-likeness (QED) is 0.642. The smallest absolute Gasteiger partial charge is 0.410 e. The van der Waals surface area contributed by atoms with Gasteiger partial charge in [-0.05, 0) is 75.2 Å². The van der Waals surface area contributed by atoms with Crippen LogP contribution in [0.25, 0.3) is 5.57 Å². The largest absolute Gasteiger partial charge is 0.444 e. The first kappa shape index (κ1) is 25.6. The van der Waals surface area contributed by atoms with E-state index in [-0.39, 0.29) is 17.3 Å². The molecule has 2 aliphatic rings. The molecule has 2 aliphatic heterocycles. The van der Waals surface area contributed by atoms with Gasteiger partial charge in [0.05, 0.1) is 11.3 Å². The molecule has 0 aromatic heterocycles. The fourth-order valence-electron chi connectivity index (χ4n) is 4.28. The van der Waals surface area contributed by atoms with E-state index in [1.807, 2.05) is 31.7 Å². The van der Waals surface area contributed by atoms with E-state index in [4.69, 9.17) is 4.74 Å². The molecule has 2 N–H and O–H groups in total. The summed E-state index contributed by atoms with van der Waals surface area (Å²) in [6.45, 7) is 8.73. The van der Waals surface area contributed by atoms with Crippen LogP contribution in [0.3, 0.4) is 0 Å². The van der Waals surface area contributed by atoms with Crippen LogP contribution >= 0.6 is 0 Å². The molecule has 0 aliphatic carbocycles. The highest BCUT2D eigenvalue weighted by molar-refractivity contribution is 6.04. The summed E-state index contributed by atoms with van der Waals surface area (Å²) >= 11 is 0. The van der Waals surface area contributed by atoms with E-state index in [0.29, 0.717) is 31.9 Å². The maximum absolute atomic E-state index is 14.9. The van der Waals surface area contributed by atoms with Crippen molar-refractivity contribution < 1.29 is 23.1 Å². The normalized spacial score (nSPS) is 16.4. The number of rotatable bonds is 4. The molecule has 0 bridgehead atoms. The Balaban J connectivity index is 1.37. The standard InChI is InChI=1S/C27H32F2N4O3/c1-27(2,3)36-26(35)33-14-12-32(13-15-33)24-7-5-20(17-23(24)29)31-25(34)21-6-4-19(16-22(21)28)18-8-10-30-11-9-18/h4-8,16-17,30H,9-15H2,1-3H3,(H,31,34). The second-order valence-corrected chi connectivity index (χ2v) is 9.95. The monoisotopic (exact) mass is 498 g/mol. The summed E-state index contributed by atoms with van der Waals surface area (Å²) in [5.41, 5.74) is 1.74. The molecule has 2 aromatic rings. The molecule has 1 saturated heterocycles. The summed E-state index contributed by atoms with van der Waals surface area (Å²) in [4.78, 5) is 28.4. The van der Waals surface area contributed by atoms with Crippen molar-refractivity contribution in [1.29, 1.82) is 0 Å². The Hall–Kier alpha value is -3.46. The van der Waals surface area contributed by atoms with Gasteiger partial charge in [-0.3, -0.25) is 4.79 Å². The zero-order valence-electron chi connectivity index (χ0n) is 20.9. The zero-order chi connectivity index (χ0) is 25.9. The predicted molar refractivity (Wildman–Crippen MR) is 136 cm³/mol. The van der Waals surface area contributed by atoms with Crippen molar-refractivity contribution in [2.75, 3.05) is 49.5 Å². The number of benzene rings is 2. The third kappa shape index (κ3) is 6.20. The van der Waals surface area contributed by atoms with Gasteiger partial charge in [-0.2, -0.15) is 0 Å². The number of piperazine rings is 1. The van der Waals surface area contributed by atoms with Crippen molar-refractivity contribution in [3.8, 4) is 0 Å². The van der Waals surface area contributed by atoms with Gasteiger partial charge >= 0.3 is 6.09 Å². The number of ether oxygens (including phenoxy) is 1. The molecular weight excluding hydrogens is 466 g/mol. The summed E-state index contributed by atoms with van der Waals surface area (Å²) in [6, 6.07) is 8.94. The van der Waals surface area contributed by atoms with Crippen LogP contribution in [0.5, 0.6) is 0 Å². The summed E-state index contributed by atoms with van der Waals surface area (Å²) in [5, 5.41) is 5.79. The highest BCUT2D eigenvalue weighted by Gasteiger charge is 2.27. The van der Waals surface area contributed by atoms with Gasteiger partial charge in [-0.1, -0.05) is 12.1 Å². The Kier molecular flexibility index (Phi) is 7.59. The Bertz CT molecular complexity index is 1170. The third-order valence-corrected chi connectivity index (χ3v) is 6.13. The molecule has 0 unspecified atom stereocenters. The molecular formula is C27H32F2N4O3. The molecule has 9 heteroatoms. The first-order valence-corrected chi connectivity index (χ1v) is 12.1. The van der Waals surface area contributed by atoms with E-state index in [9.17, 15) is 18.4 Å². The minimum absolute atomic E-state index is 0.101. The Morgan fingerprint density at radius 1 is 1.00 bits per heavy atom. The molecule has 4 rings (SSSR count). The van der Waals surface area contributed by atoms with Gasteiger partial charge in [-0.25, -0.2) is 13.6 Å². The van der Waals surface area contributed by atoms with Crippen molar-refractivity contribution in [3.63, 3.8) is 0 Å². The van der Waals surface area contributed by atoms with Gasteiger partial charge in [0.2, 0.25) is 0 Å². The minimum atomic E-state index is -0.642. The molecule has 0 spiro atoms. The molecule has 0 saturated carbocycles. The SMILES string of the molecule is CC(C)(C)OC(=O)N1CCN(c2ccc(NC(=O)c3ccc(C4=CCNCC4)cc3F)cc2F)CC1. The summed E-state index contributed by atoms with van der Waals surface area (Å²) in [6.07, 6.45) is 2.43. The number of carbonyl (C=O) groups is 2. The lowest BCUT2D eigenvalue weighted by molar-refractivity contribution is 0.0240. The van der Waals surface area contributed by atoms with E-state index >= 15 is 0 Å². The fraction of sp³-hybridized carbons (Fsp3) is 0.407. The van der Waals surface area contributed by atoms with E-state index in [2.05, 4.69) is 10.6 Å². The summed E-state index contributed by atoms with van der Waals surface area (Å²) in [7, 11) is 0. The predicted octanol–water partition coefficient (Wildman–Crippen LogP) is 4.65. The molecule has 2 aromatic carbocycles. The van der Waals surface area contributed by atoms with Crippen LogP contribution in [-0.4, -0.2) is 61.8 Å². The van der Waals surface area contributed by atoms with Crippen molar-refractivity contribution in [1.82, 2.24) is 10.2 Å². The van der Waals surface area contributed by atoms with Crippen LogP contribution in [0.4, 0.5) is 25.0 Å². The Morgan fingerprint density at radius 3 is 2.36 bits per heavy atom. The topological polar surface area (TPSA) is 73.9 Å². The van der Waals surface area contributed by atoms with Crippen molar-refractivity contribution in [3.05, 3.63) is 65.2 Å². The molecule has 2 heterocycles. The second-order valence-electron chi connectivity index (χ2n) is 9.95. The van der Waals surface area contributed by atoms with E-state index in [0.717, 1.165) is 30.6 Å². The van der Waals surface area contributed by atoms with Gasteiger partial charge in [0.25, 0.3) is 5.91 Å². The molecule has 2 amide bonds. The van der Waals surface area contributed by atoms with Crippen LogP contribution in [0.2, 0.25) is 0 Å². The van der Waals surface area contributed by atoms with Gasteiger partial charge in [0, 0.05) is 38.4 Å². The molecule has 192 valence electrons. The van der Waals surface area contributed by atoms with Gasteiger partial charge in [-0.15, -0.1) is 0 Å². The Morgan fingerprint density at radius 2 is 1.75 bits per heavy atom. The average Bonchev–Trinajstić information content (AvgIpc) is 2.83. The minimum Gasteiger partial charge on any atom is -0.444 e. The zero-order valence-corrected chi connectivity index (χ0v) is 20.9. The summed E-state index contributed by atoms with van der Waals surface area (Å²) in [5.74, 6) is -1.77. The van der Waals surface area contributed by atoms with E-state index in [1.165, 1.54) is 18.2 Å². The second kappa shape index (κ2) is 10.7. The lowest BCUT2D eigenvalue weighted by Gasteiger charge is -2.36. The number of anilines is 2. The van der Waals surface area contributed by atoms with Crippen LogP contribution in [0.1, 0.15) is 43.1 Å². The molecule has 36 heavy (non-hydrogen) atoms. The van der Waals surface area contributed by atoms with Crippen molar-refractivity contribution in [2.24, 2.45) is 0 Å². The maximum atomic E-state index is 14.9. The lowest BCUT2D eigenvalue weighted by atomic mass is 9.98. The van der Waals surface area contributed by atoms with Crippen LogP contribution < -0.4 is 15.5 Å². The van der Waals surface area contributed by atoms with Crippen molar-refractivity contribution in [2.45, 2.75) is 32.8 Å². The molecule has 1 fully saturated rings. The van der Waals surface area contributed by atoms with E-state index < -0.39 is 23.1 Å². The highest BCUT2D eigenvalue weighted by Crippen LogP contribution is 2.26. The molecule has 7 nitrogen and oxygen atoms in total. The van der Waals surface area contributed by atoms with Crippen molar-refractivity contribution >= 4 is 28.9 Å². The van der Waals surface area contributed by atoms with Crippen LogP contribution in [0, 0.1) is 11.6 Å². The van der Waals surface area contributed by atoms with Gasteiger partial charge in [0.1, 0.15) is 17.2 Å².